The number of benzene rings is 1. The van der Waals surface area contributed by atoms with E-state index in [2.05, 4.69) is 22.8 Å². The summed E-state index contributed by atoms with van der Waals surface area (Å²) in [5.41, 5.74) is 2.44. The molecule has 1 heterocycles. The normalized spacial score (nSPS) is 18.6. The summed E-state index contributed by atoms with van der Waals surface area (Å²) >= 11 is 0. The van der Waals surface area contributed by atoms with Gasteiger partial charge in [0.05, 0.1) is 6.04 Å². The van der Waals surface area contributed by atoms with Crippen LogP contribution in [0, 0.1) is 5.92 Å². The quantitative estimate of drug-likeness (QED) is 0.738. The molecule has 0 saturated carbocycles. The van der Waals surface area contributed by atoms with Crippen molar-refractivity contribution in [2.75, 3.05) is 6.54 Å². The van der Waals surface area contributed by atoms with E-state index in [4.69, 9.17) is 5.11 Å². The van der Waals surface area contributed by atoms with Crippen LogP contribution in [0.25, 0.3) is 0 Å². The summed E-state index contributed by atoms with van der Waals surface area (Å²) in [5.74, 6) is -0.878. The van der Waals surface area contributed by atoms with Crippen LogP contribution in [-0.2, 0) is 22.6 Å². The van der Waals surface area contributed by atoms with E-state index < -0.39 is 5.97 Å². The molecule has 0 aliphatic carbocycles. The topological polar surface area (TPSA) is 78.4 Å². The summed E-state index contributed by atoms with van der Waals surface area (Å²) in [6, 6.07) is 7.87. The standard InChI is InChI=1S/C16H22N2O3/c1-2-11(7-15(19)20)9-18-16(21)14-8-12-5-3-4-6-13(12)10-17-14/h3-6,11,14,17H,2,7-10H2,1H3,(H,18,21)(H,19,20). The second kappa shape index (κ2) is 7.22. The number of rotatable bonds is 6. The summed E-state index contributed by atoms with van der Waals surface area (Å²) in [6.07, 6.45) is 1.52. The first-order chi connectivity index (χ1) is 10.1. The Morgan fingerprint density at radius 2 is 2.10 bits per heavy atom. The molecule has 114 valence electrons. The number of aliphatic carboxylic acids is 1. The Balaban J connectivity index is 1.86. The molecule has 21 heavy (non-hydrogen) atoms. The van der Waals surface area contributed by atoms with E-state index in [1.165, 1.54) is 11.1 Å². The summed E-state index contributed by atoms with van der Waals surface area (Å²) in [5, 5.41) is 14.9. The molecule has 2 atom stereocenters. The molecule has 5 heteroatoms. The number of nitrogens with one attached hydrogen (secondary N) is 2. The fourth-order valence-corrected chi connectivity index (χ4v) is 2.62. The van der Waals surface area contributed by atoms with E-state index in [1.54, 1.807) is 0 Å². The monoisotopic (exact) mass is 290 g/mol. The zero-order valence-electron chi connectivity index (χ0n) is 12.3. The minimum absolute atomic E-state index is 0.0117. The van der Waals surface area contributed by atoms with Crippen molar-refractivity contribution in [2.24, 2.45) is 5.92 Å². The highest BCUT2D eigenvalue weighted by molar-refractivity contribution is 5.82. The molecule has 2 rings (SSSR count). The van der Waals surface area contributed by atoms with E-state index in [0.29, 0.717) is 19.5 Å². The third-order valence-electron chi connectivity index (χ3n) is 4.00. The van der Waals surface area contributed by atoms with E-state index in [9.17, 15) is 9.59 Å². The third-order valence-corrected chi connectivity index (χ3v) is 4.00. The van der Waals surface area contributed by atoms with Crippen molar-refractivity contribution < 1.29 is 14.7 Å². The molecule has 0 saturated heterocycles. The molecular weight excluding hydrogens is 268 g/mol. The van der Waals surface area contributed by atoms with Gasteiger partial charge in [0, 0.05) is 19.5 Å². The predicted molar refractivity (Wildman–Crippen MR) is 79.8 cm³/mol. The fraction of sp³-hybridized carbons (Fsp3) is 0.500. The number of carbonyl (C=O) groups excluding carboxylic acids is 1. The van der Waals surface area contributed by atoms with Crippen molar-refractivity contribution in [2.45, 2.75) is 38.8 Å². The highest BCUT2D eigenvalue weighted by atomic mass is 16.4. The zero-order valence-corrected chi connectivity index (χ0v) is 12.3. The van der Waals surface area contributed by atoms with Gasteiger partial charge < -0.3 is 15.7 Å². The van der Waals surface area contributed by atoms with Crippen LogP contribution >= 0.6 is 0 Å². The van der Waals surface area contributed by atoms with Crippen LogP contribution in [0.5, 0.6) is 0 Å². The lowest BCUT2D eigenvalue weighted by Crippen LogP contribution is -2.48. The van der Waals surface area contributed by atoms with E-state index >= 15 is 0 Å². The zero-order chi connectivity index (χ0) is 15.2. The van der Waals surface area contributed by atoms with Gasteiger partial charge in [-0.1, -0.05) is 37.6 Å². The second-order valence-electron chi connectivity index (χ2n) is 5.52. The Bertz CT molecular complexity index is 516. The lowest BCUT2D eigenvalue weighted by molar-refractivity contribution is -0.138. The first kappa shape index (κ1) is 15.5. The van der Waals surface area contributed by atoms with Gasteiger partial charge in [0.25, 0.3) is 0 Å². The average Bonchev–Trinajstić information content (AvgIpc) is 2.50. The van der Waals surface area contributed by atoms with Crippen molar-refractivity contribution in [1.82, 2.24) is 10.6 Å². The van der Waals surface area contributed by atoms with Crippen molar-refractivity contribution in [3.05, 3.63) is 35.4 Å². The molecule has 1 aromatic carbocycles. The second-order valence-corrected chi connectivity index (χ2v) is 5.52. The first-order valence-electron chi connectivity index (χ1n) is 7.39. The van der Waals surface area contributed by atoms with Gasteiger partial charge in [-0.2, -0.15) is 0 Å². The van der Waals surface area contributed by atoms with Gasteiger partial charge in [0.2, 0.25) is 5.91 Å². The van der Waals surface area contributed by atoms with Crippen LogP contribution in [0.15, 0.2) is 24.3 Å². The van der Waals surface area contributed by atoms with Crippen molar-refractivity contribution in [3.8, 4) is 0 Å². The third kappa shape index (κ3) is 4.29. The van der Waals surface area contributed by atoms with Gasteiger partial charge in [0.1, 0.15) is 0 Å². The molecular formula is C16H22N2O3. The maximum atomic E-state index is 12.2. The number of amides is 1. The van der Waals surface area contributed by atoms with Gasteiger partial charge in [-0.3, -0.25) is 9.59 Å². The first-order valence-corrected chi connectivity index (χ1v) is 7.39. The van der Waals surface area contributed by atoms with E-state index in [0.717, 1.165) is 6.42 Å². The Labute approximate surface area is 124 Å². The van der Waals surface area contributed by atoms with E-state index in [1.807, 2.05) is 19.1 Å². The highest BCUT2D eigenvalue weighted by Gasteiger charge is 2.24. The molecule has 0 fully saturated rings. The number of carbonyl (C=O) groups is 2. The SMILES string of the molecule is CCC(CNC(=O)C1Cc2ccccc2CN1)CC(=O)O. The number of carboxylic acids is 1. The van der Waals surface area contributed by atoms with Crippen molar-refractivity contribution in [3.63, 3.8) is 0 Å². The fourth-order valence-electron chi connectivity index (χ4n) is 2.62. The number of hydrogen-bond acceptors (Lipinski definition) is 3. The smallest absolute Gasteiger partial charge is 0.303 e. The maximum Gasteiger partial charge on any atom is 0.303 e. The van der Waals surface area contributed by atoms with Crippen LogP contribution < -0.4 is 10.6 Å². The minimum atomic E-state index is -0.819. The van der Waals surface area contributed by atoms with Crippen molar-refractivity contribution in [1.29, 1.82) is 0 Å². The van der Waals surface area contributed by atoms with Crippen molar-refractivity contribution >= 4 is 11.9 Å². The van der Waals surface area contributed by atoms with E-state index in [-0.39, 0.29) is 24.3 Å². The van der Waals surface area contributed by atoms with Crippen LogP contribution in [0.3, 0.4) is 0 Å². The molecule has 0 aromatic heterocycles. The average molecular weight is 290 g/mol. The highest BCUT2D eigenvalue weighted by Crippen LogP contribution is 2.16. The molecule has 0 radical (unpaired) electrons. The van der Waals surface area contributed by atoms with Crippen LogP contribution in [0.1, 0.15) is 30.9 Å². The number of fused-ring (bicyclic) bond motifs is 1. The summed E-state index contributed by atoms with van der Waals surface area (Å²) < 4.78 is 0. The van der Waals surface area contributed by atoms with Gasteiger partial charge in [-0.15, -0.1) is 0 Å². The Morgan fingerprint density at radius 1 is 1.38 bits per heavy atom. The molecule has 5 nitrogen and oxygen atoms in total. The molecule has 1 aromatic rings. The molecule has 1 aliphatic heterocycles. The molecule has 3 N–H and O–H groups in total. The molecule has 1 amide bonds. The predicted octanol–water partition coefficient (Wildman–Crippen LogP) is 1.32. The summed E-state index contributed by atoms with van der Waals surface area (Å²) in [7, 11) is 0. The lowest BCUT2D eigenvalue weighted by atomic mass is 9.95. The number of hydrogen-bond donors (Lipinski definition) is 3. The van der Waals surface area contributed by atoms with Crippen LogP contribution in [0.2, 0.25) is 0 Å². The molecule has 2 unspecified atom stereocenters. The maximum absolute atomic E-state index is 12.2. The summed E-state index contributed by atoms with van der Waals surface area (Å²) in [4.78, 5) is 22.9. The number of carboxylic acid groups (broad SMARTS) is 1. The van der Waals surface area contributed by atoms with Gasteiger partial charge in [-0.25, -0.2) is 0 Å². The lowest BCUT2D eigenvalue weighted by Gasteiger charge is -2.26. The Hall–Kier alpha value is -1.88. The van der Waals surface area contributed by atoms with Crippen LogP contribution in [0.4, 0.5) is 0 Å². The minimum Gasteiger partial charge on any atom is -0.481 e. The molecule has 0 bridgehead atoms. The van der Waals surface area contributed by atoms with Gasteiger partial charge in [0.15, 0.2) is 0 Å². The largest absolute Gasteiger partial charge is 0.481 e. The van der Waals surface area contributed by atoms with Gasteiger partial charge >= 0.3 is 5.97 Å². The van der Waals surface area contributed by atoms with Crippen LogP contribution in [-0.4, -0.2) is 29.6 Å². The molecule has 0 spiro atoms. The van der Waals surface area contributed by atoms with Gasteiger partial charge in [-0.05, 0) is 23.5 Å². The molecule has 1 aliphatic rings. The Kier molecular flexibility index (Phi) is 5.33. The Morgan fingerprint density at radius 3 is 2.76 bits per heavy atom. The summed E-state index contributed by atoms with van der Waals surface area (Å²) in [6.45, 7) is 3.05.